The van der Waals surface area contributed by atoms with Crippen molar-refractivity contribution in [2.24, 2.45) is 20.4 Å². The molecule has 2 aromatic rings. The number of rotatable bonds is 4. The minimum absolute atomic E-state index is 0.0392. The van der Waals surface area contributed by atoms with Crippen LogP contribution in [-0.2, 0) is 10.0 Å². The molecule has 2 heterocycles. The third kappa shape index (κ3) is 3.73. The van der Waals surface area contributed by atoms with Gasteiger partial charge in [0.25, 0.3) is 0 Å². The van der Waals surface area contributed by atoms with Gasteiger partial charge >= 0.3 is 0 Å². The van der Waals surface area contributed by atoms with Gasteiger partial charge in [0.05, 0.1) is 10.6 Å². The van der Waals surface area contributed by atoms with Crippen LogP contribution in [0.25, 0.3) is 11.1 Å². The summed E-state index contributed by atoms with van der Waals surface area (Å²) in [6, 6.07) is 11.5. The molecule has 4 rings (SSSR count). The Morgan fingerprint density at radius 3 is 2.39 bits per heavy atom. The Bertz CT molecular complexity index is 1060. The lowest BCUT2D eigenvalue weighted by Gasteiger charge is -2.23. The molecule has 2 aromatic carbocycles. The van der Waals surface area contributed by atoms with E-state index in [0.717, 1.165) is 31.5 Å². The lowest BCUT2D eigenvalue weighted by Crippen LogP contribution is -2.26. The number of primary sulfonamides is 1. The summed E-state index contributed by atoms with van der Waals surface area (Å²) in [7, 11) is -4.08. The number of azo groups is 1. The molecule has 0 atom stereocenters. The Labute approximate surface area is 168 Å². The molecule has 1 fully saturated rings. The van der Waals surface area contributed by atoms with Gasteiger partial charge in [0.2, 0.25) is 10.0 Å². The van der Waals surface area contributed by atoms with Gasteiger partial charge in [-0.3, -0.25) is 0 Å². The van der Waals surface area contributed by atoms with Crippen molar-refractivity contribution < 1.29 is 8.42 Å². The SMILES string of the molecule is NS(=O)(=O)c1c(Cl)ccc(-c2ccc(C3CCNCC3)cc2)c1C1=NCN=N1. The summed E-state index contributed by atoms with van der Waals surface area (Å²) >= 11 is 6.19. The smallest absolute Gasteiger partial charge is 0.240 e. The van der Waals surface area contributed by atoms with Crippen LogP contribution in [0.5, 0.6) is 0 Å². The molecular weight excluding hydrogens is 398 g/mol. The Balaban J connectivity index is 1.82. The number of aliphatic imine (C=N–C) groups is 1. The summed E-state index contributed by atoms with van der Waals surface area (Å²) in [5.41, 5.74) is 3.08. The highest BCUT2D eigenvalue weighted by Gasteiger charge is 2.27. The quantitative estimate of drug-likeness (QED) is 0.796. The van der Waals surface area contributed by atoms with Gasteiger partial charge in [-0.15, -0.1) is 5.11 Å². The largest absolute Gasteiger partial charge is 0.317 e. The number of amidine groups is 1. The average Bonchev–Trinajstić information content (AvgIpc) is 3.22. The van der Waals surface area contributed by atoms with E-state index < -0.39 is 10.0 Å². The summed E-state index contributed by atoms with van der Waals surface area (Å²) in [6.45, 7) is 2.20. The number of sulfonamides is 1. The Kier molecular flexibility index (Phi) is 5.29. The van der Waals surface area contributed by atoms with Crippen LogP contribution in [0, 0.1) is 0 Å². The summed E-state index contributed by atoms with van der Waals surface area (Å²) < 4.78 is 24.5. The third-order valence-electron chi connectivity index (χ3n) is 5.10. The molecule has 146 valence electrons. The van der Waals surface area contributed by atoms with Crippen molar-refractivity contribution in [1.29, 1.82) is 0 Å². The predicted molar refractivity (Wildman–Crippen MR) is 109 cm³/mol. The molecular formula is C19H20ClN5O2S. The second kappa shape index (κ2) is 7.71. The fraction of sp³-hybridized carbons (Fsp3) is 0.316. The summed E-state index contributed by atoms with van der Waals surface area (Å²) in [6.07, 6.45) is 2.22. The van der Waals surface area contributed by atoms with Gasteiger partial charge in [-0.1, -0.05) is 41.9 Å². The van der Waals surface area contributed by atoms with E-state index in [1.165, 1.54) is 11.6 Å². The molecule has 0 aromatic heterocycles. The number of hydrogen-bond donors (Lipinski definition) is 2. The van der Waals surface area contributed by atoms with E-state index in [-0.39, 0.29) is 22.4 Å². The maximum Gasteiger partial charge on any atom is 0.240 e. The van der Waals surface area contributed by atoms with Gasteiger partial charge in [-0.2, -0.15) is 5.11 Å². The van der Waals surface area contributed by atoms with Gasteiger partial charge in [0.15, 0.2) is 12.5 Å². The lowest BCUT2D eigenvalue weighted by atomic mass is 9.88. The summed E-state index contributed by atoms with van der Waals surface area (Å²) in [5.74, 6) is 0.761. The molecule has 1 saturated heterocycles. The van der Waals surface area contributed by atoms with Crippen LogP contribution >= 0.6 is 11.6 Å². The van der Waals surface area contributed by atoms with E-state index in [4.69, 9.17) is 16.7 Å². The van der Waals surface area contributed by atoms with Gasteiger partial charge in [-0.25, -0.2) is 18.5 Å². The van der Waals surface area contributed by atoms with Crippen molar-refractivity contribution >= 4 is 27.5 Å². The maximum atomic E-state index is 12.2. The summed E-state index contributed by atoms with van der Waals surface area (Å²) in [4.78, 5) is 4.02. The number of piperidine rings is 1. The molecule has 0 aliphatic carbocycles. The van der Waals surface area contributed by atoms with Gasteiger partial charge in [-0.05, 0) is 54.6 Å². The molecule has 0 bridgehead atoms. The zero-order chi connectivity index (χ0) is 19.7. The van der Waals surface area contributed by atoms with Gasteiger partial charge in [0.1, 0.15) is 4.90 Å². The molecule has 0 radical (unpaired) electrons. The number of nitrogens with one attached hydrogen (secondary N) is 1. The summed E-state index contributed by atoms with van der Waals surface area (Å²) in [5, 5.41) is 16.7. The molecule has 2 aliphatic heterocycles. The minimum Gasteiger partial charge on any atom is -0.317 e. The third-order valence-corrected chi connectivity index (χ3v) is 6.52. The number of halogens is 1. The number of nitrogens with two attached hydrogens (primary N) is 1. The predicted octanol–water partition coefficient (Wildman–Crippen LogP) is 3.29. The molecule has 0 amide bonds. The normalized spacial score (nSPS) is 17.7. The Hall–Kier alpha value is -2.13. The van der Waals surface area contributed by atoms with Crippen LogP contribution in [-0.4, -0.2) is 34.0 Å². The topological polar surface area (TPSA) is 109 Å². The standard InChI is InChI=1S/C19H20ClN5O2S/c20-16-6-5-15(17(18(16)28(21,26)27)19-23-11-24-25-19)14-3-1-12(2-4-14)13-7-9-22-10-8-13/h1-6,13,22H,7-11H2,(H2,21,26,27). The molecule has 0 unspecified atom stereocenters. The van der Waals surface area contributed by atoms with E-state index in [2.05, 4.69) is 32.7 Å². The number of hydrogen-bond acceptors (Lipinski definition) is 6. The molecule has 3 N–H and O–H groups in total. The van der Waals surface area contributed by atoms with Crippen LogP contribution in [0.3, 0.4) is 0 Å². The van der Waals surface area contributed by atoms with Crippen LogP contribution < -0.4 is 10.5 Å². The first-order valence-corrected chi connectivity index (χ1v) is 11.0. The first-order valence-electron chi connectivity index (χ1n) is 9.04. The second-order valence-electron chi connectivity index (χ2n) is 6.85. The second-order valence-corrected chi connectivity index (χ2v) is 8.76. The average molecular weight is 418 g/mol. The van der Waals surface area contributed by atoms with E-state index in [9.17, 15) is 8.42 Å². The fourth-order valence-corrected chi connectivity index (χ4v) is 5.05. The first-order chi connectivity index (χ1) is 13.4. The zero-order valence-electron chi connectivity index (χ0n) is 15.1. The highest BCUT2D eigenvalue weighted by atomic mass is 35.5. The van der Waals surface area contributed by atoms with Crippen molar-refractivity contribution in [3.05, 3.63) is 52.5 Å². The number of benzene rings is 2. The van der Waals surface area contributed by atoms with Crippen molar-refractivity contribution in [1.82, 2.24) is 5.32 Å². The Morgan fingerprint density at radius 1 is 1.07 bits per heavy atom. The van der Waals surface area contributed by atoms with Crippen LogP contribution in [0.4, 0.5) is 0 Å². The first kappa shape index (κ1) is 19.2. The molecule has 0 spiro atoms. The van der Waals surface area contributed by atoms with Crippen LogP contribution in [0.2, 0.25) is 5.02 Å². The molecule has 2 aliphatic rings. The van der Waals surface area contributed by atoms with E-state index in [0.29, 0.717) is 17.0 Å². The minimum atomic E-state index is -4.08. The molecule has 7 nitrogen and oxygen atoms in total. The zero-order valence-corrected chi connectivity index (χ0v) is 16.7. The van der Waals surface area contributed by atoms with Crippen molar-refractivity contribution in [2.45, 2.75) is 23.7 Å². The van der Waals surface area contributed by atoms with Gasteiger partial charge < -0.3 is 5.32 Å². The van der Waals surface area contributed by atoms with Crippen molar-refractivity contribution in [2.75, 3.05) is 19.8 Å². The van der Waals surface area contributed by atoms with Crippen molar-refractivity contribution in [3.8, 4) is 11.1 Å². The van der Waals surface area contributed by atoms with Crippen molar-refractivity contribution in [3.63, 3.8) is 0 Å². The van der Waals surface area contributed by atoms with Crippen LogP contribution in [0.1, 0.15) is 29.9 Å². The fourth-order valence-electron chi connectivity index (χ4n) is 3.75. The van der Waals surface area contributed by atoms with Gasteiger partial charge in [0, 0.05) is 0 Å². The maximum absolute atomic E-state index is 12.2. The highest BCUT2D eigenvalue weighted by molar-refractivity contribution is 7.89. The lowest BCUT2D eigenvalue weighted by molar-refractivity contribution is 0.460. The molecule has 9 heteroatoms. The Morgan fingerprint density at radius 2 is 1.79 bits per heavy atom. The molecule has 0 saturated carbocycles. The van der Waals surface area contributed by atoms with E-state index in [1.807, 2.05) is 12.1 Å². The van der Waals surface area contributed by atoms with E-state index >= 15 is 0 Å². The molecule has 28 heavy (non-hydrogen) atoms. The monoisotopic (exact) mass is 417 g/mol. The highest BCUT2D eigenvalue weighted by Crippen LogP contribution is 2.36. The van der Waals surface area contributed by atoms with E-state index in [1.54, 1.807) is 6.07 Å². The van der Waals surface area contributed by atoms with Crippen LogP contribution in [0.15, 0.2) is 56.5 Å². The number of nitrogens with zero attached hydrogens (tertiary/aromatic N) is 3.